The van der Waals surface area contributed by atoms with Gasteiger partial charge in [-0.15, -0.1) is 0 Å². The Morgan fingerprint density at radius 2 is 2.00 bits per heavy atom. The second kappa shape index (κ2) is 6.66. The Labute approximate surface area is 134 Å². The zero-order valence-electron chi connectivity index (χ0n) is 12.9. The van der Waals surface area contributed by atoms with Crippen molar-refractivity contribution in [2.45, 2.75) is 31.7 Å². The molecule has 2 saturated heterocycles. The van der Waals surface area contributed by atoms with Crippen molar-refractivity contribution in [1.82, 2.24) is 4.90 Å². The highest BCUT2D eigenvalue weighted by atomic mass is 19.1. The third-order valence-electron chi connectivity index (χ3n) is 4.77. The number of rotatable bonds is 3. The molecule has 124 valence electrons. The van der Waals surface area contributed by atoms with E-state index in [9.17, 15) is 19.1 Å². The van der Waals surface area contributed by atoms with Crippen molar-refractivity contribution in [2.75, 3.05) is 24.5 Å². The van der Waals surface area contributed by atoms with E-state index in [-0.39, 0.29) is 17.8 Å². The molecule has 0 aromatic heterocycles. The molecule has 0 bridgehead atoms. The second-order valence-electron chi connectivity index (χ2n) is 6.30. The van der Waals surface area contributed by atoms with Crippen molar-refractivity contribution in [2.24, 2.45) is 5.92 Å². The summed E-state index contributed by atoms with van der Waals surface area (Å²) in [5.74, 6) is -1.60. The normalized spacial score (nSPS) is 26.3. The highest BCUT2D eigenvalue weighted by molar-refractivity contribution is 5.98. The number of carbonyl (C=O) groups is 2. The number of halogens is 1. The number of amides is 1. The van der Waals surface area contributed by atoms with E-state index in [0.717, 1.165) is 25.8 Å². The summed E-state index contributed by atoms with van der Waals surface area (Å²) in [6.45, 7) is 1.74. The van der Waals surface area contributed by atoms with Crippen molar-refractivity contribution in [3.63, 3.8) is 0 Å². The topological polar surface area (TPSA) is 60.9 Å². The predicted octanol–water partition coefficient (Wildman–Crippen LogP) is 2.12. The predicted molar refractivity (Wildman–Crippen MR) is 83.7 cm³/mol. The average Bonchev–Trinajstić information content (AvgIpc) is 2.55. The standard InChI is InChI=1S/C17H21FN2O3/c18-13-5-1-6-14(10-13)20-9-3-7-15(16(20)21)19-8-2-4-12(11-19)17(22)23/h1,5-6,10,12,15H,2-4,7-9,11H2,(H,22,23). The fraction of sp³-hybridized carbons (Fsp3) is 0.529. The monoisotopic (exact) mass is 320 g/mol. The summed E-state index contributed by atoms with van der Waals surface area (Å²) in [5.41, 5.74) is 0.575. The number of carbonyl (C=O) groups excluding carboxylic acids is 1. The lowest BCUT2D eigenvalue weighted by atomic mass is 9.94. The van der Waals surface area contributed by atoms with Crippen LogP contribution in [0.4, 0.5) is 10.1 Å². The Morgan fingerprint density at radius 3 is 2.74 bits per heavy atom. The zero-order chi connectivity index (χ0) is 16.4. The first-order chi connectivity index (χ1) is 11.1. The number of hydrogen-bond acceptors (Lipinski definition) is 3. The van der Waals surface area contributed by atoms with Gasteiger partial charge in [-0.1, -0.05) is 6.07 Å². The number of aliphatic carboxylic acids is 1. The molecule has 6 heteroatoms. The maximum absolute atomic E-state index is 13.4. The smallest absolute Gasteiger partial charge is 0.307 e. The van der Waals surface area contributed by atoms with Crippen LogP contribution in [-0.4, -0.2) is 47.6 Å². The first-order valence-corrected chi connectivity index (χ1v) is 8.10. The summed E-state index contributed by atoms with van der Waals surface area (Å²) in [6.07, 6.45) is 3.03. The molecule has 2 heterocycles. The van der Waals surface area contributed by atoms with Gasteiger partial charge in [-0.3, -0.25) is 14.5 Å². The molecule has 0 spiro atoms. The number of carboxylic acids is 1. The molecule has 1 aromatic carbocycles. The Kier molecular flexibility index (Phi) is 4.61. The maximum Gasteiger partial charge on any atom is 0.307 e. The Morgan fingerprint density at radius 1 is 1.22 bits per heavy atom. The molecule has 2 aliphatic rings. The summed E-state index contributed by atoms with van der Waals surface area (Å²) in [5, 5.41) is 9.22. The van der Waals surface area contributed by atoms with Gasteiger partial charge in [0.05, 0.1) is 12.0 Å². The molecule has 1 aromatic rings. The molecule has 0 radical (unpaired) electrons. The number of carboxylic acid groups (broad SMARTS) is 1. The molecule has 2 unspecified atom stereocenters. The van der Waals surface area contributed by atoms with Crippen molar-refractivity contribution in [3.05, 3.63) is 30.1 Å². The van der Waals surface area contributed by atoms with Gasteiger partial charge in [-0.05, 0) is 50.4 Å². The van der Waals surface area contributed by atoms with Gasteiger partial charge in [0.2, 0.25) is 5.91 Å². The molecule has 1 amide bonds. The molecular formula is C17H21FN2O3. The lowest BCUT2D eigenvalue weighted by Gasteiger charge is -2.41. The SMILES string of the molecule is O=C(O)C1CCCN(C2CCCN(c3cccc(F)c3)C2=O)C1. The van der Waals surface area contributed by atoms with Crippen molar-refractivity contribution in [1.29, 1.82) is 0 Å². The molecule has 0 saturated carbocycles. The van der Waals surface area contributed by atoms with E-state index in [1.165, 1.54) is 12.1 Å². The average molecular weight is 320 g/mol. The molecule has 3 rings (SSSR count). The van der Waals surface area contributed by atoms with Crippen LogP contribution in [0.2, 0.25) is 0 Å². The lowest BCUT2D eigenvalue weighted by Crippen LogP contribution is -2.55. The molecule has 5 nitrogen and oxygen atoms in total. The Balaban J connectivity index is 1.76. The van der Waals surface area contributed by atoms with E-state index in [1.54, 1.807) is 17.0 Å². The molecule has 2 fully saturated rings. The van der Waals surface area contributed by atoms with Crippen LogP contribution in [0, 0.1) is 11.7 Å². The number of piperidine rings is 2. The fourth-order valence-corrected chi connectivity index (χ4v) is 3.59. The quantitative estimate of drug-likeness (QED) is 0.927. The van der Waals surface area contributed by atoms with E-state index < -0.39 is 11.9 Å². The number of benzene rings is 1. The van der Waals surface area contributed by atoms with Crippen molar-refractivity contribution in [3.8, 4) is 0 Å². The molecule has 0 aliphatic carbocycles. The minimum Gasteiger partial charge on any atom is -0.481 e. The van der Waals surface area contributed by atoms with Crippen LogP contribution in [0.25, 0.3) is 0 Å². The van der Waals surface area contributed by atoms with Gasteiger partial charge in [-0.2, -0.15) is 0 Å². The van der Waals surface area contributed by atoms with Crippen molar-refractivity contribution >= 4 is 17.6 Å². The Hall–Kier alpha value is -1.95. The van der Waals surface area contributed by atoms with Crippen LogP contribution < -0.4 is 4.90 Å². The van der Waals surface area contributed by atoms with Crippen LogP contribution >= 0.6 is 0 Å². The lowest BCUT2D eigenvalue weighted by molar-refractivity contribution is -0.145. The number of anilines is 1. The maximum atomic E-state index is 13.4. The van der Waals surface area contributed by atoms with Gasteiger partial charge in [0.25, 0.3) is 0 Å². The van der Waals surface area contributed by atoms with E-state index in [4.69, 9.17) is 0 Å². The van der Waals surface area contributed by atoms with Gasteiger partial charge < -0.3 is 10.0 Å². The fourth-order valence-electron chi connectivity index (χ4n) is 3.59. The summed E-state index contributed by atoms with van der Waals surface area (Å²) in [7, 11) is 0. The minimum absolute atomic E-state index is 0.0483. The van der Waals surface area contributed by atoms with Gasteiger partial charge in [0.1, 0.15) is 5.82 Å². The first kappa shape index (κ1) is 15.9. The van der Waals surface area contributed by atoms with Crippen LogP contribution in [0.5, 0.6) is 0 Å². The number of nitrogens with zero attached hydrogens (tertiary/aromatic N) is 2. The number of hydrogen-bond donors (Lipinski definition) is 1. The third kappa shape index (κ3) is 3.37. The van der Waals surface area contributed by atoms with Crippen LogP contribution in [-0.2, 0) is 9.59 Å². The summed E-state index contributed by atoms with van der Waals surface area (Å²) >= 11 is 0. The molecule has 2 aliphatic heterocycles. The largest absolute Gasteiger partial charge is 0.481 e. The first-order valence-electron chi connectivity index (χ1n) is 8.10. The highest BCUT2D eigenvalue weighted by Crippen LogP contribution is 2.27. The summed E-state index contributed by atoms with van der Waals surface area (Å²) < 4.78 is 13.4. The van der Waals surface area contributed by atoms with E-state index in [1.807, 2.05) is 4.90 Å². The van der Waals surface area contributed by atoms with Gasteiger partial charge in [0, 0.05) is 18.8 Å². The van der Waals surface area contributed by atoms with Crippen molar-refractivity contribution < 1.29 is 19.1 Å². The third-order valence-corrected chi connectivity index (χ3v) is 4.77. The highest BCUT2D eigenvalue weighted by Gasteiger charge is 2.37. The van der Waals surface area contributed by atoms with Gasteiger partial charge in [0.15, 0.2) is 0 Å². The summed E-state index contributed by atoms with van der Waals surface area (Å²) in [6, 6.07) is 5.77. The minimum atomic E-state index is -0.792. The number of likely N-dealkylation sites (tertiary alicyclic amines) is 1. The zero-order valence-corrected chi connectivity index (χ0v) is 12.9. The Bertz CT molecular complexity index is 607. The van der Waals surface area contributed by atoms with Gasteiger partial charge >= 0.3 is 5.97 Å². The van der Waals surface area contributed by atoms with Crippen LogP contribution in [0.1, 0.15) is 25.7 Å². The van der Waals surface area contributed by atoms with Crippen LogP contribution in [0.3, 0.4) is 0 Å². The molecular weight excluding hydrogens is 299 g/mol. The van der Waals surface area contributed by atoms with E-state index in [2.05, 4.69) is 0 Å². The van der Waals surface area contributed by atoms with Crippen LogP contribution in [0.15, 0.2) is 24.3 Å². The molecule has 2 atom stereocenters. The summed E-state index contributed by atoms with van der Waals surface area (Å²) in [4.78, 5) is 27.7. The molecule has 1 N–H and O–H groups in total. The van der Waals surface area contributed by atoms with E-state index in [0.29, 0.717) is 25.2 Å². The van der Waals surface area contributed by atoms with E-state index >= 15 is 0 Å². The van der Waals surface area contributed by atoms with Gasteiger partial charge in [-0.25, -0.2) is 4.39 Å². The second-order valence-corrected chi connectivity index (χ2v) is 6.30. The molecule has 23 heavy (non-hydrogen) atoms.